The number of nitrogens with one attached hydrogen (secondary N) is 2. The Morgan fingerprint density at radius 1 is 1.50 bits per heavy atom. The molecule has 1 rings (SSSR count). The van der Waals surface area contributed by atoms with Gasteiger partial charge in [-0.05, 0) is 12.3 Å². The molecule has 0 spiro atoms. The lowest BCUT2D eigenvalue weighted by Gasteiger charge is -2.15. The maximum Gasteiger partial charge on any atom is 0.223 e. The van der Waals surface area contributed by atoms with Crippen LogP contribution in [0.15, 0.2) is 0 Å². The molecule has 1 fully saturated rings. The summed E-state index contributed by atoms with van der Waals surface area (Å²) in [6.45, 7) is 2.48. The third-order valence-corrected chi connectivity index (χ3v) is 3.05. The first-order valence-electron chi connectivity index (χ1n) is 6.25. The third kappa shape index (κ3) is 5.01. The molecule has 1 saturated carbocycles. The summed E-state index contributed by atoms with van der Waals surface area (Å²) in [7, 11) is 1.51. The Labute approximate surface area is 107 Å². The van der Waals surface area contributed by atoms with E-state index in [1.807, 2.05) is 6.92 Å². The second kappa shape index (κ2) is 7.33. The predicted molar refractivity (Wildman–Crippen MR) is 65.8 cm³/mol. The van der Waals surface area contributed by atoms with Crippen LogP contribution in [0.2, 0.25) is 0 Å². The first-order chi connectivity index (χ1) is 8.58. The monoisotopic (exact) mass is 258 g/mol. The Bertz CT molecular complexity index is 296. The van der Waals surface area contributed by atoms with Crippen molar-refractivity contribution < 1.29 is 19.4 Å². The van der Waals surface area contributed by atoms with Gasteiger partial charge in [-0.3, -0.25) is 9.59 Å². The highest BCUT2D eigenvalue weighted by Gasteiger charge is 2.38. The third-order valence-electron chi connectivity index (χ3n) is 3.05. The fraction of sp³-hybridized carbons (Fsp3) is 0.833. The largest absolute Gasteiger partial charge is 0.394 e. The molecular weight excluding hydrogens is 236 g/mol. The van der Waals surface area contributed by atoms with Crippen LogP contribution in [0.1, 0.15) is 19.8 Å². The number of rotatable bonds is 8. The van der Waals surface area contributed by atoms with E-state index in [2.05, 4.69) is 10.6 Å². The van der Waals surface area contributed by atoms with Gasteiger partial charge in [0.15, 0.2) is 0 Å². The van der Waals surface area contributed by atoms with Gasteiger partial charge in [0.25, 0.3) is 0 Å². The van der Waals surface area contributed by atoms with Gasteiger partial charge in [-0.15, -0.1) is 0 Å². The minimum Gasteiger partial charge on any atom is -0.394 e. The molecule has 104 valence electrons. The first kappa shape index (κ1) is 14.9. The zero-order valence-corrected chi connectivity index (χ0v) is 10.9. The second-order valence-corrected chi connectivity index (χ2v) is 4.76. The van der Waals surface area contributed by atoms with E-state index >= 15 is 0 Å². The smallest absolute Gasteiger partial charge is 0.223 e. The van der Waals surface area contributed by atoms with Crippen LogP contribution < -0.4 is 10.6 Å². The van der Waals surface area contributed by atoms with Crippen LogP contribution in [-0.2, 0) is 14.3 Å². The van der Waals surface area contributed by atoms with Gasteiger partial charge in [0.1, 0.15) is 0 Å². The number of hydrogen-bond donors (Lipinski definition) is 3. The van der Waals surface area contributed by atoms with Crippen LogP contribution >= 0.6 is 0 Å². The SMILES string of the molecule is COCC(CO)NC(=O)CCNC(=O)C1CC1C. The minimum atomic E-state index is -0.387. The highest BCUT2D eigenvalue weighted by molar-refractivity contribution is 5.82. The van der Waals surface area contributed by atoms with Crippen molar-refractivity contribution in [3.8, 4) is 0 Å². The molecule has 1 aliphatic rings. The van der Waals surface area contributed by atoms with Crippen molar-refractivity contribution in [1.82, 2.24) is 10.6 Å². The zero-order valence-electron chi connectivity index (χ0n) is 10.9. The summed E-state index contributed by atoms with van der Waals surface area (Å²) in [4.78, 5) is 23.0. The van der Waals surface area contributed by atoms with E-state index in [0.717, 1.165) is 6.42 Å². The molecule has 0 aromatic heterocycles. The molecule has 3 unspecified atom stereocenters. The summed E-state index contributed by atoms with van der Waals surface area (Å²) in [5, 5.41) is 14.3. The van der Waals surface area contributed by atoms with Gasteiger partial charge in [-0.2, -0.15) is 0 Å². The van der Waals surface area contributed by atoms with Crippen LogP contribution in [0, 0.1) is 11.8 Å². The lowest BCUT2D eigenvalue weighted by Crippen LogP contribution is -2.42. The van der Waals surface area contributed by atoms with E-state index in [0.29, 0.717) is 12.5 Å². The summed E-state index contributed by atoms with van der Waals surface area (Å²) in [5.41, 5.74) is 0. The van der Waals surface area contributed by atoms with E-state index in [1.165, 1.54) is 7.11 Å². The van der Waals surface area contributed by atoms with Crippen molar-refractivity contribution in [3.63, 3.8) is 0 Å². The van der Waals surface area contributed by atoms with Crippen LogP contribution in [0.25, 0.3) is 0 Å². The molecule has 1 aliphatic carbocycles. The highest BCUT2D eigenvalue weighted by atomic mass is 16.5. The number of aliphatic hydroxyl groups is 1. The lowest BCUT2D eigenvalue weighted by molar-refractivity contribution is -0.123. The predicted octanol–water partition coefficient (Wildman–Crippen LogP) is -0.728. The van der Waals surface area contributed by atoms with Crippen molar-refractivity contribution in [2.45, 2.75) is 25.8 Å². The van der Waals surface area contributed by atoms with Crippen molar-refractivity contribution in [3.05, 3.63) is 0 Å². The molecule has 3 atom stereocenters. The summed E-state index contributed by atoms with van der Waals surface area (Å²) >= 11 is 0. The Morgan fingerprint density at radius 3 is 2.67 bits per heavy atom. The average Bonchev–Trinajstić information content (AvgIpc) is 3.05. The molecule has 0 aliphatic heterocycles. The van der Waals surface area contributed by atoms with Gasteiger partial charge in [0, 0.05) is 26.0 Å². The molecule has 2 amide bonds. The van der Waals surface area contributed by atoms with E-state index in [-0.39, 0.29) is 43.4 Å². The topological polar surface area (TPSA) is 87.7 Å². The molecule has 6 nitrogen and oxygen atoms in total. The molecule has 0 bridgehead atoms. The standard InChI is InChI=1S/C12H22N2O4/c1-8-5-10(8)12(17)13-4-3-11(16)14-9(6-15)7-18-2/h8-10,15H,3-7H2,1-2H3,(H,13,17)(H,14,16). The van der Waals surface area contributed by atoms with Gasteiger partial charge in [-0.1, -0.05) is 6.92 Å². The number of ether oxygens (including phenoxy) is 1. The second-order valence-electron chi connectivity index (χ2n) is 4.76. The summed E-state index contributed by atoms with van der Waals surface area (Å²) in [6.07, 6.45) is 1.16. The fourth-order valence-electron chi connectivity index (χ4n) is 1.76. The van der Waals surface area contributed by atoms with E-state index in [4.69, 9.17) is 9.84 Å². The van der Waals surface area contributed by atoms with Crippen LogP contribution in [-0.4, -0.2) is 49.8 Å². The highest BCUT2D eigenvalue weighted by Crippen LogP contribution is 2.37. The van der Waals surface area contributed by atoms with Crippen LogP contribution in [0.4, 0.5) is 0 Å². The Kier molecular flexibility index (Phi) is 6.07. The number of carbonyl (C=O) groups is 2. The molecule has 0 saturated heterocycles. The number of amides is 2. The lowest BCUT2D eigenvalue weighted by atomic mass is 10.3. The van der Waals surface area contributed by atoms with Gasteiger partial charge < -0.3 is 20.5 Å². The molecule has 0 aromatic carbocycles. The number of methoxy groups -OCH3 is 1. The fourth-order valence-corrected chi connectivity index (χ4v) is 1.76. The summed E-state index contributed by atoms with van der Waals surface area (Å²) in [5.74, 6) is 0.437. The van der Waals surface area contributed by atoms with Gasteiger partial charge in [0.05, 0.1) is 19.3 Å². The molecule has 0 radical (unpaired) electrons. The summed E-state index contributed by atoms with van der Waals surface area (Å²) in [6, 6.07) is -0.387. The van der Waals surface area contributed by atoms with E-state index in [9.17, 15) is 9.59 Å². The normalized spacial score (nSPS) is 23.3. The Hall–Kier alpha value is -1.14. The molecule has 0 aromatic rings. The number of hydrogen-bond acceptors (Lipinski definition) is 4. The molecule has 6 heteroatoms. The van der Waals surface area contributed by atoms with Gasteiger partial charge >= 0.3 is 0 Å². The minimum absolute atomic E-state index is 0.0332. The number of carbonyl (C=O) groups excluding carboxylic acids is 2. The maximum atomic E-state index is 11.5. The molecule has 0 heterocycles. The molecule has 18 heavy (non-hydrogen) atoms. The Morgan fingerprint density at radius 2 is 2.17 bits per heavy atom. The van der Waals surface area contributed by atoms with Crippen LogP contribution in [0.3, 0.4) is 0 Å². The number of aliphatic hydroxyl groups excluding tert-OH is 1. The maximum absolute atomic E-state index is 11.5. The quantitative estimate of drug-likeness (QED) is 0.536. The van der Waals surface area contributed by atoms with Crippen LogP contribution in [0.5, 0.6) is 0 Å². The first-order valence-corrected chi connectivity index (χ1v) is 6.25. The van der Waals surface area contributed by atoms with Gasteiger partial charge in [-0.25, -0.2) is 0 Å². The zero-order chi connectivity index (χ0) is 13.5. The van der Waals surface area contributed by atoms with E-state index in [1.54, 1.807) is 0 Å². The van der Waals surface area contributed by atoms with E-state index < -0.39 is 0 Å². The molecule has 3 N–H and O–H groups in total. The van der Waals surface area contributed by atoms with Crippen molar-refractivity contribution >= 4 is 11.8 Å². The van der Waals surface area contributed by atoms with Crippen molar-refractivity contribution in [2.75, 3.05) is 26.9 Å². The Balaban J connectivity index is 2.10. The summed E-state index contributed by atoms with van der Waals surface area (Å²) < 4.78 is 4.85. The van der Waals surface area contributed by atoms with Crippen molar-refractivity contribution in [1.29, 1.82) is 0 Å². The molecular formula is C12H22N2O4. The van der Waals surface area contributed by atoms with Gasteiger partial charge in [0.2, 0.25) is 11.8 Å². The average molecular weight is 258 g/mol. The van der Waals surface area contributed by atoms with Crippen molar-refractivity contribution in [2.24, 2.45) is 11.8 Å².